The Hall–Kier alpha value is -4.03. The average Bonchev–Trinajstić information content (AvgIpc) is 3.25. The van der Waals surface area contributed by atoms with Crippen molar-refractivity contribution in [3.8, 4) is 11.5 Å². The Morgan fingerprint density at radius 3 is 2.72 bits per heavy atom. The predicted molar refractivity (Wildman–Crippen MR) is 127 cm³/mol. The number of amides is 2. The van der Waals surface area contributed by atoms with Crippen LogP contribution in [0.15, 0.2) is 61.1 Å². The van der Waals surface area contributed by atoms with Crippen LogP contribution in [-0.2, 0) is 17.6 Å². The number of carbonyl (C=O) groups excluding carboxylic acids is 1. The van der Waals surface area contributed by atoms with Gasteiger partial charge in [0.2, 0.25) is 0 Å². The molecule has 0 spiro atoms. The van der Waals surface area contributed by atoms with E-state index in [1.165, 1.54) is 25.6 Å². The van der Waals surface area contributed by atoms with Gasteiger partial charge in [-0.05, 0) is 42.5 Å². The number of nitrogens with zero attached hydrogens (tertiary/aromatic N) is 3. The van der Waals surface area contributed by atoms with Gasteiger partial charge in [-0.1, -0.05) is 17.7 Å². The van der Waals surface area contributed by atoms with Crippen LogP contribution in [0.1, 0.15) is 5.56 Å². The monoisotopic (exact) mass is 520 g/mol. The fraction of sp³-hybridized carbons (Fsp3) is 0.174. The lowest BCUT2D eigenvalue weighted by Gasteiger charge is -2.13. The van der Waals surface area contributed by atoms with Crippen molar-refractivity contribution in [1.82, 2.24) is 25.3 Å². The van der Waals surface area contributed by atoms with Gasteiger partial charge in [0.1, 0.15) is 23.3 Å². The van der Waals surface area contributed by atoms with Gasteiger partial charge in [-0.25, -0.2) is 20.2 Å². The summed E-state index contributed by atoms with van der Waals surface area (Å²) >= 11 is 6.35. The molecular formula is C23H20ClF3N6O3. The third-order valence-corrected chi connectivity index (χ3v) is 5.26. The Kier molecular flexibility index (Phi) is 7.46. The number of carbonyl (C=O) groups is 1. The van der Waals surface area contributed by atoms with Crippen molar-refractivity contribution < 1.29 is 27.5 Å². The molecule has 0 atom stereocenters. The molecule has 4 aromatic rings. The van der Waals surface area contributed by atoms with Crippen molar-refractivity contribution in [1.29, 1.82) is 0 Å². The van der Waals surface area contributed by atoms with E-state index in [0.29, 0.717) is 35.6 Å². The first-order chi connectivity index (χ1) is 17.2. The van der Waals surface area contributed by atoms with Crippen LogP contribution in [0.2, 0.25) is 5.02 Å². The van der Waals surface area contributed by atoms with Crippen LogP contribution in [0.5, 0.6) is 11.5 Å². The molecule has 2 aromatic carbocycles. The maximum atomic E-state index is 13.0. The molecule has 2 aromatic heterocycles. The molecule has 9 nitrogen and oxygen atoms in total. The number of nitrogens with one attached hydrogen (secondary N) is 3. The molecule has 36 heavy (non-hydrogen) atoms. The van der Waals surface area contributed by atoms with Gasteiger partial charge in [0.05, 0.1) is 23.2 Å². The molecule has 0 fully saturated rings. The fourth-order valence-electron chi connectivity index (χ4n) is 3.39. The van der Waals surface area contributed by atoms with Crippen molar-refractivity contribution >= 4 is 40.2 Å². The zero-order valence-corrected chi connectivity index (χ0v) is 19.5. The first-order valence-electron chi connectivity index (χ1n) is 10.5. The Morgan fingerprint density at radius 2 is 1.97 bits per heavy atom. The van der Waals surface area contributed by atoms with E-state index in [-0.39, 0.29) is 16.5 Å². The molecular weight excluding hydrogens is 501 g/mol. The van der Waals surface area contributed by atoms with Gasteiger partial charge in [-0.2, -0.15) is 13.2 Å². The second kappa shape index (κ2) is 10.7. The first kappa shape index (κ1) is 25.1. The smallest absolute Gasteiger partial charge is 0.416 e. The number of anilines is 2. The first-order valence-corrected chi connectivity index (χ1v) is 10.9. The van der Waals surface area contributed by atoms with Crippen molar-refractivity contribution in [3.63, 3.8) is 0 Å². The van der Waals surface area contributed by atoms with E-state index < -0.39 is 17.8 Å². The second-order valence-electron chi connectivity index (χ2n) is 7.43. The number of hydrogen-bond donors (Lipinski definition) is 3. The summed E-state index contributed by atoms with van der Waals surface area (Å²) in [6.07, 6.45) is -1.25. The lowest BCUT2D eigenvalue weighted by atomic mass is 10.2. The summed E-state index contributed by atoms with van der Waals surface area (Å²) < 4.78 is 46.3. The summed E-state index contributed by atoms with van der Waals surface area (Å²) in [6, 6.07) is 10.7. The largest absolute Gasteiger partial charge is 0.456 e. The lowest BCUT2D eigenvalue weighted by molar-refractivity contribution is -0.137. The summed E-state index contributed by atoms with van der Waals surface area (Å²) in [6.45, 7) is 0.758. The van der Waals surface area contributed by atoms with E-state index in [1.807, 2.05) is 16.8 Å². The number of rotatable bonds is 8. The van der Waals surface area contributed by atoms with Gasteiger partial charge in [0.15, 0.2) is 5.82 Å². The van der Waals surface area contributed by atoms with Crippen molar-refractivity contribution in [2.45, 2.75) is 12.7 Å². The van der Waals surface area contributed by atoms with E-state index in [0.717, 1.165) is 12.1 Å². The Labute approximate surface area is 208 Å². The fourth-order valence-corrected chi connectivity index (χ4v) is 3.61. The van der Waals surface area contributed by atoms with E-state index in [9.17, 15) is 18.0 Å². The Bertz CT molecular complexity index is 1380. The van der Waals surface area contributed by atoms with Gasteiger partial charge in [-0.15, -0.1) is 0 Å². The summed E-state index contributed by atoms with van der Waals surface area (Å²) in [5.74, 6) is 0.697. The normalized spacial score (nSPS) is 11.4. The maximum absolute atomic E-state index is 13.0. The molecule has 0 saturated heterocycles. The Morgan fingerprint density at radius 1 is 1.14 bits per heavy atom. The standard InChI is InChI=1S/C23H20ClF3N6O3/c1-35-32-22(34)28-8-10-33-9-7-18-20(33)21(30-13-29-18)31-15-5-6-19(17(24)12-15)36-16-4-2-3-14(11-16)23(25,26)27/h2-7,9,11-13H,8,10H2,1H3,(H2,28,32,34)(H,29,30,31). The van der Waals surface area contributed by atoms with Crippen LogP contribution in [-0.4, -0.2) is 34.2 Å². The SMILES string of the molecule is CONC(=O)NCCn1ccc2ncnc(Nc3ccc(Oc4cccc(C(F)(F)F)c4)c(Cl)c3)c21. The van der Waals surface area contributed by atoms with E-state index in [4.69, 9.17) is 16.3 Å². The minimum absolute atomic E-state index is 0.00978. The summed E-state index contributed by atoms with van der Waals surface area (Å²) in [5.41, 5.74) is 3.31. The van der Waals surface area contributed by atoms with E-state index >= 15 is 0 Å². The molecule has 0 aliphatic heterocycles. The van der Waals surface area contributed by atoms with Gasteiger partial charge in [0, 0.05) is 25.0 Å². The molecule has 4 rings (SSSR count). The number of ether oxygens (including phenoxy) is 1. The zero-order chi connectivity index (χ0) is 25.7. The van der Waals surface area contributed by atoms with Crippen LogP contribution < -0.4 is 20.9 Å². The number of halogens is 4. The summed E-state index contributed by atoms with van der Waals surface area (Å²) in [7, 11) is 1.34. The molecule has 0 saturated carbocycles. The molecule has 2 amide bonds. The van der Waals surface area contributed by atoms with Crippen LogP contribution in [0, 0.1) is 0 Å². The lowest BCUT2D eigenvalue weighted by Crippen LogP contribution is -2.36. The molecule has 0 aliphatic carbocycles. The van der Waals surface area contributed by atoms with Gasteiger partial charge in [-0.3, -0.25) is 4.84 Å². The van der Waals surface area contributed by atoms with Gasteiger partial charge < -0.3 is 19.9 Å². The molecule has 188 valence electrons. The molecule has 0 aliphatic rings. The average molecular weight is 521 g/mol. The third-order valence-electron chi connectivity index (χ3n) is 4.97. The number of urea groups is 1. The van der Waals surface area contributed by atoms with Gasteiger partial charge in [0.25, 0.3) is 0 Å². The van der Waals surface area contributed by atoms with Crippen molar-refractivity contribution in [2.24, 2.45) is 0 Å². The van der Waals surface area contributed by atoms with Gasteiger partial charge >= 0.3 is 12.2 Å². The molecule has 3 N–H and O–H groups in total. The highest BCUT2D eigenvalue weighted by atomic mass is 35.5. The minimum atomic E-state index is -4.48. The van der Waals surface area contributed by atoms with Crippen molar-refractivity contribution in [3.05, 3.63) is 71.6 Å². The topological polar surface area (TPSA) is 102 Å². The highest BCUT2D eigenvalue weighted by Crippen LogP contribution is 2.36. The second-order valence-corrected chi connectivity index (χ2v) is 7.83. The van der Waals surface area contributed by atoms with Crippen molar-refractivity contribution in [2.75, 3.05) is 19.0 Å². The molecule has 13 heteroatoms. The summed E-state index contributed by atoms with van der Waals surface area (Å²) in [5, 5.41) is 6.01. The summed E-state index contributed by atoms with van der Waals surface area (Å²) in [4.78, 5) is 24.6. The molecule has 2 heterocycles. The van der Waals surface area contributed by atoms with E-state index in [2.05, 4.69) is 30.9 Å². The van der Waals surface area contributed by atoms with Crippen LogP contribution >= 0.6 is 11.6 Å². The maximum Gasteiger partial charge on any atom is 0.416 e. The number of hydroxylamine groups is 1. The molecule has 0 unspecified atom stereocenters. The zero-order valence-electron chi connectivity index (χ0n) is 18.8. The number of hydrogen-bond acceptors (Lipinski definition) is 6. The minimum Gasteiger partial charge on any atom is -0.456 e. The number of benzene rings is 2. The number of aromatic nitrogens is 3. The Balaban J connectivity index is 1.50. The predicted octanol–water partition coefficient (Wildman–Crippen LogP) is 5.50. The molecule has 0 radical (unpaired) electrons. The van der Waals surface area contributed by atoms with Crippen LogP contribution in [0.25, 0.3) is 11.0 Å². The van der Waals surface area contributed by atoms with E-state index in [1.54, 1.807) is 18.2 Å². The third kappa shape index (κ3) is 5.96. The highest BCUT2D eigenvalue weighted by Gasteiger charge is 2.30. The van der Waals surface area contributed by atoms with Crippen LogP contribution in [0.4, 0.5) is 29.5 Å². The quantitative estimate of drug-likeness (QED) is 0.265. The highest BCUT2D eigenvalue weighted by molar-refractivity contribution is 6.32. The number of alkyl halides is 3. The molecule has 0 bridgehead atoms. The number of fused-ring (bicyclic) bond motifs is 1. The van der Waals surface area contributed by atoms with Crippen LogP contribution in [0.3, 0.4) is 0 Å².